The number of pyridine rings is 1. The van der Waals surface area contributed by atoms with Crippen molar-refractivity contribution in [3.05, 3.63) is 78.0 Å². The summed E-state index contributed by atoms with van der Waals surface area (Å²) >= 11 is 0. The van der Waals surface area contributed by atoms with Gasteiger partial charge in [-0.05, 0) is 42.0 Å². The second kappa shape index (κ2) is 8.01. The molecule has 3 aromatic rings. The Bertz CT molecular complexity index is 797. The molecule has 2 aromatic heterocycles. The molecule has 2 N–H and O–H groups in total. The zero-order chi connectivity index (χ0) is 17.5. The van der Waals surface area contributed by atoms with Crippen LogP contribution in [0.4, 0.5) is 5.69 Å². The molecule has 0 saturated carbocycles. The lowest BCUT2D eigenvalue weighted by Gasteiger charge is -2.08. The molecule has 0 aliphatic carbocycles. The van der Waals surface area contributed by atoms with Crippen molar-refractivity contribution in [2.24, 2.45) is 0 Å². The Morgan fingerprint density at radius 3 is 2.60 bits per heavy atom. The molecule has 0 aliphatic heterocycles. The molecule has 1 aromatic carbocycles. The standard InChI is InChI=1S/C19H19N3O3/c1-24-16-7-4-14(5-8-16)11-20-15-6-9-18(21-12-15)19(23)22-13-17-3-2-10-25-17/h2-10,12,20H,11,13H2,1H3,(H,22,23). The SMILES string of the molecule is COc1ccc(CNc2ccc(C(=O)NCc3ccco3)nc2)cc1. The number of carbonyl (C=O) groups excluding carboxylic acids is 1. The van der Waals surface area contributed by atoms with Crippen LogP contribution >= 0.6 is 0 Å². The van der Waals surface area contributed by atoms with E-state index in [4.69, 9.17) is 9.15 Å². The van der Waals surface area contributed by atoms with E-state index < -0.39 is 0 Å². The Morgan fingerprint density at radius 1 is 1.12 bits per heavy atom. The van der Waals surface area contributed by atoms with E-state index in [2.05, 4.69) is 15.6 Å². The van der Waals surface area contributed by atoms with Gasteiger partial charge in [-0.1, -0.05) is 12.1 Å². The first-order valence-electron chi connectivity index (χ1n) is 7.88. The predicted octanol–water partition coefficient (Wildman–Crippen LogP) is 3.23. The lowest BCUT2D eigenvalue weighted by molar-refractivity contribution is 0.0943. The van der Waals surface area contributed by atoms with Crippen LogP contribution < -0.4 is 15.4 Å². The molecule has 0 unspecified atom stereocenters. The number of methoxy groups -OCH3 is 1. The minimum atomic E-state index is -0.238. The summed E-state index contributed by atoms with van der Waals surface area (Å²) in [6.45, 7) is 1.00. The molecular weight excluding hydrogens is 318 g/mol. The van der Waals surface area contributed by atoms with E-state index >= 15 is 0 Å². The van der Waals surface area contributed by atoms with E-state index in [1.54, 1.807) is 37.8 Å². The summed E-state index contributed by atoms with van der Waals surface area (Å²) in [6.07, 6.45) is 3.22. The van der Waals surface area contributed by atoms with Gasteiger partial charge in [-0.2, -0.15) is 0 Å². The summed E-state index contributed by atoms with van der Waals surface area (Å²) in [6, 6.07) is 14.9. The highest BCUT2D eigenvalue weighted by molar-refractivity contribution is 5.92. The fourth-order valence-corrected chi connectivity index (χ4v) is 2.25. The molecule has 6 nitrogen and oxygen atoms in total. The Balaban J connectivity index is 1.51. The Hall–Kier alpha value is -3.28. The smallest absolute Gasteiger partial charge is 0.270 e. The van der Waals surface area contributed by atoms with Crippen molar-refractivity contribution in [3.8, 4) is 5.75 Å². The first kappa shape index (κ1) is 16.6. The van der Waals surface area contributed by atoms with Crippen LogP contribution in [0.3, 0.4) is 0 Å². The number of rotatable bonds is 7. The van der Waals surface area contributed by atoms with Gasteiger partial charge in [0.1, 0.15) is 17.2 Å². The van der Waals surface area contributed by atoms with E-state index in [0.717, 1.165) is 17.0 Å². The maximum Gasteiger partial charge on any atom is 0.270 e. The van der Waals surface area contributed by atoms with E-state index in [1.165, 1.54) is 0 Å². The number of nitrogens with one attached hydrogen (secondary N) is 2. The summed E-state index contributed by atoms with van der Waals surface area (Å²) < 4.78 is 10.3. The van der Waals surface area contributed by atoms with Gasteiger partial charge < -0.3 is 19.8 Å². The van der Waals surface area contributed by atoms with Crippen molar-refractivity contribution in [1.29, 1.82) is 0 Å². The Morgan fingerprint density at radius 2 is 1.96 bits per heavy atom. The van der Waals surface area contributed by atoms with Crippen LogP contribution in [-0.4, -0.2) is 18.0 Å². The topological polar surface area (TPSA) is 76.4 Å². The maximum atomic E-state index is 12.0. The van der Waals surface area contributed by atoms with Crippen molar-refractivity contribution in [2.75, 3.05) is 12.4 Å². The largest absolute Gasteiger partial charge is 0.497 e. The van der Waals surface area contributed by atoms with Gasteiger partial charge in [0.05, 0.1) is 31.8 Å². The first-order valence-corrected chi connectivity index (χ1v) is 7.88. The zero-order valence-electron chi connectivity index (χ0n) is 13.9. The monoisotopic (exact) mass is 337 g/mol. The van der Waals surface area contributed by atoms with Crippen molar-refractivity contribution in [3.63, 3.8) is 0 Å². The van der Waals surface area contributed by atoms with Crippen molar-refractivity contribution in [1.82, 2.24) is 10.3 Å². The van der Waals surface area contributed by atoms with Crippen molar-refractivity contribution >= 4 is 11.6 Å². The van der Waals surface area contributed by atoms with Crippen LogP contribution in [0.1, 0.15) is 21.8 Å². The van der Waals surface area contributed by atoms with Crippen LogP contribution in [0, 0.1) is 0 Å². The molecule has 6 heteroatoms. The van der Waals surface area contributed by atoms with Gasteiger partial charge in [-0.15, -0.1) is 0 Å². The average molecular weight is 337 g/mol. The average Bonchev–Trinajstić information content (AvgIpc) is 3.19. The second-order valence-corrected chi connectivity index (χ2v) is 5.40. The number of carbonyl (C=O) groups is 1. The molecule has 128 valence electrons. The fraction of sp³-hybridized carbons (Fsp3) is 0.158. The number of hydrogen-bond acceptors (Lipinski definition) is 5. The van der Waals surface area contributed by atoms with Crippen LogP contribution in [0.15, 0.2) is 65.4 Å². The number of nitrogens with zero attached hydrogens (tertiary/aromatic N) is 1. The molecule has 0 bridgehead atoms. The van der Waals surface area contributed by atoms with Crippen LogP contribution in [-0.2, 0) is 13.1 Å². The highest BCUT2D eigenvalue weighted by Crippen LogP contribution is 2.13. The molecule has 0 atom stereocenters. The summed E-state index contributed by atoms with van der Waals surface area (Å²) in [7, 11) is 1.64. The van der Waals surface area contributed by atoms with Crippen LogP contribution in [0.2, 0.25) is 0 Å². The molecule has 0 spiro atoms. The Kier molecular flexibility index (Phi) is 5.31. The molecule has 25 heavy (non-hydrogen) atoms. The minimum absolute atomic E-state index is 0.238. The molecule has 0 radical (unpaired) electrons. The van der Waals surface area contributed by atoms with Crippen LogP contribution in [0.25, 0.3) is 0 Å². The molecule has 0 fully saturated rings. The van der Waals surface area contributed by atoms with Crippen molar-refractivity contribution in [2.45, 2.75) is 13.1 Å². The first-order chi connectivity index (χ1) is 12.2. The lowest BCUT2D eigenvalue weighted by atomic mass is 10.2. The molecule has 0 aliphatic rings. The number of aromatic nitrogens is 1. The number of anilines is 1. The molecule has 3 rings (SSSR count). The van der Waals surface area contributed by atoms with E-state index in [1.807, 2.05) is 30.3 Å². The zero-order valence-corrected chi connectivity index (χ0v) is 13.9. The van der Waals surface area contributed by atoms with Crippen molar-refractivity contribution < 1.29 is 13.9 Å². The number of amides is 1. The van der Waals surface area contributed by atoms with Gasteiger partial charge >= 0.3 is 0 Å². The van der Waals surface area contributed by atoms with E-state index in [9.17, 15) is 4.79 Å². The van der Waals surface area contributed by atoms with E-state index in [-0.39, 0.29) is 5.91 Å². The number of ether oxygens (including phenoxy) is 1. The molecule has 0 saturated heterocycles. The second-order valence-electron chi connectivity index (χ2n) is 5.40. The summed E-state index contributed by atoms with van der Waals surface area (Å²) in [5.41, 5.74) is 2.33. The summed E-state index contributed by atoms with van der Waals surface area (Å²) in [5.74, 6) is 1.29. The van der Waals surface area contributed by atoms with E-state index in [0.29, 0.717) is 24.5 Å². The number of benzene rings is 1. The summed E-state index contributed by atoms with van der Waals surface area (Å²) in [4.78, 5) is 16.2. The van der Waals surface area contributed by atoms with Gasteiger partial charge in [0, 0.05) is 6.54 Å². The quantitative estimate of drug-likeness (QED) is 0.692. The molecule has 2 heterocycles. The third kappa shape index (κ3) is 4.60. The normalized spacial score (nSPS) is 10.3. The van der Waals surface area contributed by atoms with Gasteiger partial charge in [0.2, 0.25) is 0 Å². The van der Waals surface area contributed by atoms with Crippen LogP contribution in [0.5, 0.6) is 5.75 Å². The number of furan rings is 1. The Labute approximate surface area is 145 Å². The minimum Gasteiger partial charge on any atom is -0.497 e. The third-order valence-corrected chi connectivity index (χ3v) is 3.66. The number of hydrogen-bond donors (Lipinski definition) is 2. The van der Waals surface area contributed by atoms with Gasteiger partial charge in [-0.3, -0.25) is 4.79 Å². The predicted molar refractivity (Wildman–Crippen MR) is 94.4 cm³/mol. The van der Waals surface area contributed by atoms with Gasteiger partial charge in [-0.25, -0.2) is 4.98 Å². The summed E-state index contributed by atoms with van der Waals surface area (Å²) in [5, 5.41) is 6.03. The lowest BCUT2D eigenvalue weighted by Crippen LogP contribution is -2.23. The maximum absolute atomic E-state index is 12.0. The highest BCUT2D eigenvalue weighted by atomic mass is 16.5. The highest BCUT2D eigenvalue weighted by Gasteiger charge is 2.07. The molecular formula is C19H19N3O3. The van der Waals surface area contributed by atoms with Gasteiger partial charge in [0.15, 0.2) is 0 Å². The third-order valence-electron chi connectivity index (χ3n) is 3.66. The molecule has 1 amide bonds. The van der Waals surface area contributed by atoms with Gasteiger partial charge in [0.25, 0.3) is 5.91 Å². The fourth-order valence-electron chi connectivity index (χ4n) is 2.25.